The van der Waals surface area contributed by atoms with E-state index >= 15 is 0 Å². The van der Waals surface area contributed by atoms with E-state index in [1.54, 1.807) is 0 Å². The van der Waals surface area contributed by atoms with Crippen molar-refractivity contribution in [2.45, 2.75) is 32.1 Å². The fourth-order valence-electron chi connectivity index (χ4n) is 2.95. The van der Waals surface area contributed by atoms with Crippen molar-refractivity contribution >= 4 is 5.78 Å². The molecule has 20 heavy (non-hydrogen) atoms. The van der Waals surface area contributed by atoms with Crippen LogP contribution in [0, 0.1) is 12.8 Å². The lowest BCUT2D eigenvalue weighted by atomic mass is 10.00. The van der Waals surface area contributed by atoms with Gasteiger partial charge in [-0.05, 0) is 42.4 Å². The monoisotopic (exact) mass is 264 g/mol. The van der Waals surface area contributed by atoms with Gasteiger partial charge in [0.1, 0.15) is 5.78 Å². The zero-order chi connectivity index (χ0) is 13.9. The van der Waals surface area contributed by atoms with E-state index < -0.39 is 0 Å². The molecule has 0 heterocycles. The van der Waals surface area contributed by atoms with Crippen molar-refractivity contribution in [2.24, 2.45) is 5.92 Å². The normalized spacial score (nSPS) is 20.6. The van der Waals surface area contributed by atoms with E-state index in [0.717, 1.165) is 12.8 Å². The van der Waals surface area contributed by atoms with E-state index in [1.807, 2.05) is 12.1 Å². The second-order valence-corrected chi connectivity index (χ2v) is 5.75. The van der Waals surface area contributed by atoms with Crippen LogP contribution in [0.1, 0.15) is 35.4 Å². The molecule has 1 fully saturated rings. The Morgan fingerprint density at radius 2 is 1.75 bits per heavy atom. The number of carbonyl (C=O) groups is 1. The number of benzene rings is 2. The van der Waals surface area contributed by atoms with Gasteiger partial charge in [0.2, 0.25) is 0 Å². The summed E-state index contributed by atoms with van der Waals surface area (Å²) in [5.41, 5.74) is 3.91. The van der Waals surface area contributed by atoms with Gasteiger partial charge < -0.3 is 0 Å². The summed E-state index contributed by atoms with van der Waals surface area (Å²) < 4.78 is 0. The minimum Gasteiger partial charge on any atom is -0.299 e. The number of ketones is 1. The number of aryl methyl sites for hydroxylation is 2. The summed E-state index contributed by atoms with van der Waals surface area (Å²) in [5.74, 6) is 1.17. The fourth-order valence-corrected chi connectivity index (χ4v) is 2.95. The lowest BCUT2D eigenvalue weighted by Gasteiger charge is -2.05. The fraction of sp³-hybridized carbons (Fsp3) is 0.316. The van der Waals surface area contributed by atoms with E-state index in [2.05, 4.69) is 49.4 Å². The van der Waals surface area contributed by atoms with Crippen LogP contribution in [-0.2, 0) is 11.2 Å². The topological polar surface area (TPSA) is 17.1 Å². The molecule has 0 radical (unpaired) electrons. The molecule has 1 aliphatic carbocycles. The van der Waals surface area contributed by atoms with Crippen LogP contribution in [0.3, 0.4) is 0 Å². The first kappa shape index (κ1) is 13.1. The van der Waals surface area contributed by atoms with Gasteiger partial charge in [-0.2, -0.15) is 0 Å². The van der Waals surface area contributed by atoms with Crippen molar-refractivity contribution in [1.29, 1.82) is 0 Å². The van der Waals surface area contributed by atoms with Crippen LogP contribution in [0.25, 0.3) is 0 Å². The van der Waals surface area contributed by atoms with Gasteiger partial charge in [0.15, 0.2) is 0 Å². The van der Waals surface area contributed by atoms with Crippen molar-refractivity contribution in [3.05, 3.63) is 71.3 Å². The van der Waals surface area contributed by atoms with E-state index in [1.165, 1.54) is 16.7 Å². The Labute approximate surface area is 120 Å². The first-order chi connectivity index (χ1) is 9.75. The van der Waals surface area contributed by atoms with E-state index in [-0.39, 0.29) is 5.92 Å². The minimum atomic E-state index is 0.265. The molecular formula is C19H20O. The van der Waals surface area contributed by atoms with Crippen molar-refractivity contribution in [3.8, 4) is 0 Å². The van der Waals surface area contributed by atoms with E-state index in [9.17, 15) is 4.79 Å². The molecular weight excluding hydrogens is 244 g/mol. The first-order valence-corrected chi connectivity index (χ1v) is 7.38. The Kier molecular flexibility index (Phi) is 3.68. The summed E-state index contributed by atoms with van der Waals surface area (Å²) >= 11 is 0. The molecule has 2 atom stereocenters. The molecule has 2 unspecified atom stereocenters. The lowest BCUT2D eigenvalue weighted by molar-refractivity contribution is -0.120. The molecule has 102 valence electrons. The van der Waals surface area contributed by atoms with Gasteiger partial charge in [0.05, 0.1) is 0 Å². The molecule has 1 nitrogen and oxygen atoms in total. The molecule has 0 saturated heterocycles. The largest absolute Gasteiger partial charge is 0.299 e. The standard InChI is InChI=1S/C19H20O/c1-14-7-5-6-8-15(14)11-12-19(20)18-13-17(18)16-9-3-2-4-10-16/h2-10,17-18H,11-13H2,1H3. The predicted molar refractivity (Wildman–Crippen MR) is 81.8 cm³/mol. The SMILES string of the molecule is Cc1ccccc1CCC(=O)C1CC1c1ccccc1. The highest BCUT2D eigenvalue weighted by Crippen LogP contribution is 2.48. The Morgan fingerprint density at radius 3 is 2.50 bits per heavy atom. The van der Waals surface area contributed by atoms with Crippen molar-refractivity contribution < 1.29 is 4.79 Å². The van der Waals surface area contributed by atoms with Crippen LogP contribution in [0.2, 0.25) is 0 Å². The molecule has 3 rings (SSSR count). The van der Waals surface area contributed by atoms with Crippen molar-refractivity contribution in [3.63, 3.8) is 0 Å². The smallest absolute Gasteiger partial charge is 0.136 e. The van der Waals surface area contributed by atoms with Crippen LogP contribution >= 0.6 is 0 Å². The highest BCUT2D eigenvalue weighted by Gasteiger charge is 2.42. The molecule has 1 aliphatic rings. The molecule has 2 aromatic carbocycles. The van der Waals surface area contributed by atoms with Crippen LogP contribution in [0.15, 0.2) is 54.6 Å². The van der Waals surface area contributed by atoms with E-state index in [4.69, 9.17) is 0 Å². The average molecular weight is 264 g/mol. The quantitative estimate of drug-likeness (QED) is 0.787. The first-order valence-electron chi connectivity index (χ1n) is 7.38. The third-order valence-corrected chi connectivity index (χ3v) is 4.33. The summed E-state index contributed by atoms with van der Waals surface area (Å²) in [6.45, 7) is 2.11. The van der Waals surface area contributed by atoms with Crippen LogP contribution < -0.4 is 0 Å². The predicted octanol–water partition coefficient (Wildman–Crippen LogP) is 4.30. The molecule has 2 aromatic rings. The number of hydrogen-bond acceptors (Lipinski definition) is 1. The number of Topliss-reactive ketones (excluding diaryl/α,β-unsaturated/α-hetero) is 1. The van der Waals surface area contributed by atoms with Crippen molar-refractivity contribution in [2.75, 3.05) is 0 Å². The Hall–Kier alpha value is -1.89. The average Bonchev–Trinajstić information content (AvgIpc) is 3.28. The van der Waals surface area contributed by atoms with Gasteiger partial charge in [0.25, 0.3) is 0 Å². The maximum Gasteiger partial charge on any atom is 0.136 e. The van der Waals surface area contributed by atoms with Gasteiger partial charge in [-0.25, -0.2) is 0 Å². The molecule has 0 spiro atoms. The summed E-state index contributed by atoms with van der Waals surface area (Å²) in [4.78, 5) is 12.3. The van der Waals surface area contributed by atoms with Gasteiger partial charge in [0, 0.05) is 12.3 Å². The van der Waals surface area contributed by atoms with Crippen molar-refractivity contribution in [1.82, 2.24) is 0 Å². The van der Waals surface area contributed by atoms with Crippen LogP contribution in [0.5, 0.6) is 0 Å². The Balaban J connectivity index is 1.56. The molecule has 1 heteroatoms. The highest BCUT2D eigenvalue weighted by molar-refractivity contribution is 5.85. The minimum absolute atomic E-state index is 0.265. The zero-order valence-corrected chi connectivity index (χ0v) is 11.9. The van der Waals surface area contributed by atoms with Gasteiger partial charge in [-0.1, -0.05) is 54.6 Å². The van der Waals surface area contributed by atoms with Gasteiger partial charge in [-0.15, -0.1) is 0 Å². The Morgan fingerprint density at radius 1 is 1.05 bits per heavy atom. The van der Waals surface area contributed by atoms with Gasteiger partial charge >= 0.3 is 0 Å². The lowest BCUT2D eigenvalue weighted by Crippen LogP contribution is -2.04. The third-order valence-electron chi connectivity index (χ3n) is 4.33. The number of hydrogen-bond donors (Lipinski definition) is 0. The summed E-state index contributed by atoms with van der Waals surface area (Å²) in [5, 5.41) is 0. The zero-order valence-electron chi connectivity index (χ0n) is 11.9. The molecule has 0 bridgehead atoms. The molecule has 0 aliphatic heterocycles. The number of rotatable bonds is 5. The second-order valence-electron chi connectivity index (χ2n) is 5.75. The van der Waals surface area contributed by atoms with Gasteiger partial charge in [-0.3, -0.25) is 4.79 Å². The molecule has 0 aromatic heterocycles. The molecule has 1 saturated carbocycles. The summed E-state index contributed by atoms with van der Waals surface area (Å²) in [7, 11) is 0. The highest BCUT2D eigenvalue weighted by atomic mass is 16.1. The summed E-state index contributed by atoms with van der Waals surface area (Å²) in [6.07, 6.45) is 2.60. The maximum atomic E-state index is 12.3. The van der Waals surface area contributed by atoms with Crippen LogP contribution in [-0.4, -0.2) is 5.78 Å². The molecule has 0 N–H and O–H groups in total. The van der Waals surface area contributed by atoms with Crippen LogP contribution in [0.4, 0.5) is 0 Å². The Bertz CT molecular complexity index is 600. The molecule has 0 amide bonds. The third kappa shape index (κ3) is 2.82. The summed E-state index contributed by atoms with van der Waals surface area (Å²) in [6, 6.07) is 18.8. The second kappa shape index (κ2) is 5.62. The van der Waals surface area contributed by atoms with E-state index in [0.29, 0.717) is 18.1 Å². The maximum absolute atomic E-state index is 12.3. The number of carbonyl (C=O) groups excluding carboxylic acids is 1.